The molecule has 132 valence electrons. The normalized spacial score (nSPS) is 17.3. The van der Waals surface area contributed by atoms with Crippen LogP contribution in [0.2, 0.25) is 0 Å². The lowest BCUT2D eigenvalue weighted by molar-refractivity contribution is 0.0699. The number of H-pyrrole nitrogens is 1. The average Bonchev–Trinajstić information content (AvgIpc) is 3.19. The Morgan fingerprint density at radius 1 is 1.19 bits per heavy atom. The number of nitrogens with one attached hydrogen (secondary N) is 1. The van der Waals surface area contributed by atoms with Crippen LogP contribution >= 0.6 is 0 Å². The molecule has 0 saturated carbocycles. The van der Waals surface area contributed by atoms with Crippen molar-refractivity contribution in [1.82, 2.24) is 25.1 Å². The smallest absolute Gasteiger partial charge is 0.274 e. The number of benzene rings is 1. The molecule has 1 saturated heterocycles. The van der Waals surface area contributed by atoms with Gasteiger partial charge in [-0.2, -0.15) is 5.10 Å². The summed E-state index contributed by atoms with van der Waals surface area (Å²) >= 11 is 0. The molecule has 4 rings (SSSR count). The molecular formula is C20H21N5O. The molecule has 3 aromatic rings. The summed E-state index contributed by atoms with van der Waals surface area (Å²) in [7, 11) is 0. The van der Waals surface area contributed by atoms with E-state index in [0.717, 1.165) is 36.2 Å². The topological polar surface area (TPSA) is 74.8 Å². The lowest BCUT2D eigenvalue weighted by Crippen LogP contribution is -2.39. The molecule has 1 aliphatic heterocycles. The summed E-state index contributed by atoms with van der Waals surface area (Å²) in [5.41, 5.74) is 5.00. The highest BCUT2D eigenvalue weighted by Crippen LogP contribution is 2.33. The van der Waals surface area contributed by atoms with Crippen LogP contribution in [0.4, 0.5) is 0 Å². The number of aromatic nitrogens is 4. The van der Waals surface area contributed by atoms with Crippen molar-refractivity contribution >= 4 is 5.91 Å². The first kappa shape index (κ1) is 16.4. The molecule has 1 fully saturated rings. The summed E-state index contributed by atoms with van der Waals surface area (Å²) in [5, 5.41) is 7.45. The molecule has 1 amide bonds. The number of piperidine rings is 1. The molecule has 1 aromatic carbocycles. The summed E-state index contributed by atoms with van der Waals surface area (Å²) in [4.78, 5) is 22.7. The Morgan fingerprint density at radius 2 is 2.04 bits per heavy atom. The number of likely N-dealkylation sites (tertiary alicyclic amines) is 1. The lowest BCUT2D eigenvalue weighted by Gasteiger charge is -2.32. The van der Waals surface area contributed by atoms with Crippen molar-refractivity contribution in [2.75, 3.05) is 13.1 Å². The molecule has 1 atom stereocenters. The highest BCUT2D eigenvalue weighted by atomic mass is 16.2. The molecular weight excluding hydrogens is 326 g/mol. The third-order valence-corrected chi connectivity index (χ3v) is 4.93. The van der Waals surface area contributed by atoms with Crippen LogP contribution < -0.4 is 0 Å². The minimum absolute atomic E-state index is 0.0563. The highest BCUT2D eigenvalue weighted by Gasteiger charge is 2.28. The number of aryl methyl sites for hydroxylation is 1. The van der Waals surface area contributed by atoms with Gasteiger partial charge >= 0.3 is 0 Å². The molecule has 0 bridgehead atoms. The van der Waals surface area contributed by atoms with E-state index in [0.29, 0.717) is 12.2 Å². The van der Waals surface area contributed by atoms with Gasteiger partial charge in [0.1, 0.15) is 5.69 Å². The fourth-order valence-electron chi connectivity index (χ4n) is 3.54. The predicted octanol–water partition coefficient (Wildman–Crippen LogP) is 3.19. The van der Waals surface area contributed by atoms with Crippen molar-refractivity contribution < 1.29 is 4.79 Å². The van der Waals surface area contributed by atoms with Gasteiger partial charge in [-0.05, 0) is 25.3 Å². The summed E-state index contributed by atoms with van der Waals surface area (Å²) in [6, 6.07) is 8.46. The SMILES string of the molecule is Cc1ccc(-c2cn[nH]c2[C@H]2CCCN(C(=O)c3cnccn3)C2)cc1. The molecule has 1 N–H and O–H groups in total. The number of amides is 1. The quantitative estimate of drug-likeness (QED) is 0.789. The van der Waals surface area contributed by atoms with Gasteiger partial charge in [0.2, 0.25) is 0 Å². The zero-order valence-corrected chi connectivity index (χ0v) is 14.7. The number of hydrogen-bond acceptors (Lipinski definition) is 4. The Kier molecular flexibility index (Phi) is 4.48. The van der Waals surface area contributed by atoms with Crippen LogP contribution in [0.5, 0.6) is 0 Å². The lowest BCUT2D eigenvalue weighted by atomic mass is 9.90. The summed E-state index contributed by atoms with van der Waals surface area (Å²) in [6.45, 7) is 3.49. The zero-order valence-electron chi connectivity index (χ0n) is 14.7. The maximum atomic E-state index is 12.7. The second kappa shape index (κ2) is 7.07. The number of rotatable bonds is 3. The van der Waals surface area contributed by atoms with E-state index >= 15 is 0 Å². The van der Waals surface area contributed by atoms with Gasteiger partial charge in [0.25, 0.3) is 5.91 Å². The van der Waals surface area contributed by atoms with Gasteiger partial charge in [-0.1, -0.05) is 29.8 Å². The molecule has 0 aliphatic carbocycles. The van der Waals surface area contributed by atoms with E-state index < -0.39 is 0 Å². The minimum atomic E-state index is -0.0563. The first-order valence-corrected chi connectivity index (χ1v) is 8.88. The van der Waals surface area contributed by atoms with E-state index in [9.17, 15) is 4.79 Å². The van der Waals surface area contributed by atoms with Crippen LogP contribution in [0.15, 0.2) is 49.1 Å². The van der Waals surface area contributed by atoms with Gasteiger partial charge in [0.05, 0.1) is 12.4 Å². The Morgan fingerprint density at radius 3 is 2.81 bits per heavy atom. The second-order valence-electron chi connectivity index (χ2n) is 6.74. The van der Waals surface area contributed by atoms with E-state index in [1.54, 1.807) is 12.4 Å². The molecule has 2 aromatic heterocycles. The van der Waals surface area contributed by atoms with Gasteiger partial charge in [0.15, 0.2) is 0 Å². The first-order chi connectivity index (χ1) is 12.7. The van der Waals surface area contributed by atoms with Crippen molar-refractivity contribution in [3.63, 3.8) is 0 Å². The van der Waals surface area contributed by atoms with Gasteiger partial charge in [0, 0.05) is 42.7 Å². The number of aromatic amines is 1. The molecule has 3 heterocycles. The number of hydrogen-bond donors (Lipinski definition) is 1. The standard InChI is InChI=1S/C20H21N5O/c1-14-4-6-15(7-5-14)17-11-23-24-19(17)16-3-2-10-25(13-16)20(26)18-12-21-8-9-22-18/h4-9,11-12,16H,2-3,10,13H2,1H3,(H,23,24)/t16-/m0/s1. The van der Waals surface area contributed by atoms with E-state index in [2.05, 4.69) is 51.4 Å². The molecule has 6 nitrogen and oxygen atoms in total. The summed E-state index contributed by atoms with van der Waals surface area (Å²) in [6.07, 6.45) is 8.53. The number of carbonyl (C=O) groups is 1. The van der Waals surface area contributed by atoms with Crippen LogP contribution in [-0.4, -0.2) is 44.1 Å². The maximum absolute atomic E-state index is 12.7. The van der Waals surface area contributed by atoms with Crippen molar-refractivity contribution in [1.29, 1.82) is 0 Å². The third-order valence-electron chi connectivity index (χ3n) is 4.93. The third kappa shape index (κ3) is 3.22. The van der Waals surface area contributed by atoms with E-state index in [4.69, 9.17) is 0 Å². The Hall–Kier alpha value is -3.02. The molecule has 1 aliphatic rings. The monoisotopic (exact) mass is 347 g/mol. The Labute approximate surface area is 152 Å². The summed E-state index contributed by atoms with van der Waals surface area (Å²) < 4.78 is 0. The van der Waals surface area contributed by atoms with Crippen molar-refractivity contribution in [3.05, 3.63) is 66.0 Å². The molecule has 0 radical (unpaired) electrons. The Bertz CT molecular complexity index is 888. The van der Waals surface area contributed by atoms with E-state index in [-0.39, 0.29) is 11.8 Å². The first-order valence-electron chi connectivity index (χ1n) is 8.88. The summed E-state index contributed by atoms with van der Waals surface area (Å²) in [5.74, 6) is 0.183. The minimum Gasteiger partial charge on any atom is -0.337 e. The average molecular weight is 347 g/mol. The Balaban J connectivity index is 1.57. The second-order valence-corrected chi connectivity index (χ2v) is 6.74. The largest absolute Gasteiger partial charge is 0.337 e. The van der Waals surface area contributed by atoms with Crippen molar-refractivity contribution in [3.8, 4) is 11.1 Å². The predicted molar refractivity (Wildman–Crippen MR) is 98.7 cm³/mol. The molecule has 26 heavy (non-hydrogen) atoms. The zero-order chi connectivity index (χ0) is 17.9. The molecule has 0 unspecified atom stereocenters. The van der Waals surface area contributed by atoms with Crippen LogP contribution in [0.25, 0.3) is 11.1 Å². The highest BCUT2D eigenvalue weighted by molar-refractivity contribution is 5.92. The van der Waals surface area contributed by atoms with Crippen LogP contribution in [0.1, 0.15) is 40.5 Å². The number of carbonyl (C=O) groups excluding carboxylic acids is 1. The van der Waals surface area contributed by atoms with Crippen molar-refractivity contribution in [2.45, 2.75) is 25.7 Å². The van der Waals surface area contributed by atoms with Gasteiger partial charge in [-0.3, -0.25) is 14.9 Å². The number of nitrogens with zero attached hydrogens (tertiary/aromatic N) is 4. The maximum Gasteiger partial charge on any atom is 0.274 e. The van der Waals surface area contributed by atoms with Gasteiger partial charge in [-0.25, -0.2) is 4.98 Å². The van der Waals surface area contributed by atoms with E-state index in [1.807, 2.05) is 11.1 Å². The van der Waals surface area contributed by atoms with E-state index in [1.165, 1.54) is 11.8 Å². The molecule has 6 heteroatoms. The van der Waals surface area contributed by atoms with Gasteiger partial charge < -0.3 is 4.90 Å². The molecule has 0 spiro atoms. The fraction of sp³-hybridized carbons (Fsp3) is 0.300. The van der Waals surface area contributed by atoms with Crippen molar-refractivity contribution in [2.24, 2.45) is 0 Å². The van der Waals surface area contributed by atoms with Crippen LogP contribution in [0.3, 0.4) is 0 Å². The fourth-order valence-corrected chi connectivity index (χ4v) is 3.54. The van der Waals surface area contributed by atoms with Gasteiger partial charge in [-0.15, -0.1) is 0 Å². The van der Waals surface area contributed by atoms with Crippen LogP contribution in [0, 0.1) is 6.92 Å². The van der Waals surface area contributed by atoms with Crippen LogP contribution in [-0.2, 0) is 0 Å².